The smallest absolute Gasteiger partial charge is 0.106 e. The molecule has 1 N–H and O–H groups in total. The maximum absolute atomic E-state index is 9.16. The van der Waals surface area contributed by atoms with Gasteiger partial charge in [0.05, 0.1) is 6.61 Å². The van der Waals surface area contributed by atoms with Crippen molar-refractivity contribution in [3.63, 3.8) is 0 Å². The van der Waals surface area contributed by atoms with Crippen LogP contribution >= 0.6 is 15.9 Å². The van der Waals surface area contributed by atoms with Crippen molar-refractivity contribution in [1.82, 2.24) is 4.98 Å². The molecule has 1 aliphatic rings. The molecule has 1 heterocycles. The molecule has 2 nitrogen and oxygen atoms in total. The highest BCUT2D eigenvalue weighted by Crippen LogP contribution is 2.34. The van der Waals surface area contributed by atoms with E-state index in [0.29, 0.717) is 5.92 Å². The fourth-order valence-corrected chi connectivity index (χ4v) is 2.41. The minimum absolute atomic E-state index is 0.121. The summed E-state index contributed by atoms with van der Waals surface area (Å²) in [4.78, 5) is 4.45. The Morgan fingerprint density at radius 2 is 2.46 bits per heavy atom. The molecule has 2 rings (SSSR count). The summed E-state index contributed by atoms with van der Waals surface area (Å²) in [6, 6.07) is 1.91. The molecule has 70 valence electrons. The van der Waals surface area contributed by atoms with Gasteiger partial charge in [0.2, 0.25) is 0 Å². The van der Waals surface area contributed by atoms with E-state index in [1.807, 2.05) is 6.07 Å². The molecule has 0 aliphatic heterocycles. The lowest BCUT2D eigenvalue weighted by atomic mass is 10.1. The molecule has 1 aliphatic carbocycles. The van der Waals surface area contributed by atoms with Gasteiger partial charge in [-0.2, -0.15) is 0 Å². The van der Waals surface area contributed by atoms with E-state index in [1.54, 1.807) is 0 Å². The molecule has 3 heteroatoms. The number of nitrogens with zero attached hydrogens (tertiary/aromatic N) is 1. The zero-order chi connectivity index (χ0) is 9.42. The van der Waals surface area contributed by atoms with Crippen LogP contribution in [0.4, 0.5) is 0 Å². The Morgan fingerprint density at radius 3 is 3.15 bits per heavy atom. The first-order valence-electron chi connectivity index (χ1n) is 4.51. The number of hydrogen-bond acceptors (Lipinski definition) is 2. The summed E-state index contributed by atoms with van der Waals surface area (Å²) in [7, 11) is 0. The molecule has 0 spiro atoms. The van der Waals surface area contributed by atoms with Crippen LogP contribution in [0.2, 0.25) is 0 Å². The standard InChI is InChI=1S/C10H12BrNO/c1-6-2-3-8-7(5-13)4-9(11)12-10(6)8/h4,6,13H,2-3,5H2,1H3. The van der Waals surface area contributed by atoms with E-state index in [9.17, 15) is 0 Å². The lowest BCUT2D eigenvalue weighted by Gasteiger charge is -2.07. The minimum Gasteiger partial charge on any atom is -0.392 e. The molecule has 0 saturated carbocycles. The van der Waals surface area contributed by atoms with E-state index in [2.05, 4.69) is 27.8 Å². The molecule has 0 radical (unpaired) electrons. The molecule has 0 bridgehead atoms. The van der Waals surface area contributed by atoms with Crippen LogP contribution in [0.5, 0.6) is 0 Å². The predicted molar refractivity (Wildman–Crippen MR) is 54.6 cm³/mol. The second-order valence-electron chi connectivity index (χ2n) is 3.57. The maximum atomic E-state index is 9.16. The first kappa shape index (κ1) is 9.16. The molecular formula is C10H12BrNO. The van der Waals surface area contributed by atoms with Gasteiger partial charge in [0.1, 0.15) is 4.60 Å². The van der Waals surface area contributed by atoms with E-state index in [1.165, 1.54) is 11.3 Å². The van der Waals surface area contributed by atoms with Crippen LogP contribution in [-0.4, -0.2) is 10.1 Å². The Labute approximate surface area is 86.1 Å². The fraction of sp³-hybridized carbons (Fsp3) is 0.500. The molecule has 1 unspecified atom stereocenters. The van der Waals surface area contributed by atoms with E-state index in [4.69, 9.17) is 5.11 Å². The molecule has 0 amide bonds. The lowest BCUT2D eigenvalue weighted by Crippen LogP contribution is -1.98. The summed E-state index contributed by atoms with van der Waals surface area (Å²) >= 11 is 3.36. The second-order valence-corrected chi connectivity index (χ2v) is 4.38. The maximum Gasteiger partial charge on any atom is 0.106 e. The third-order valence-electron chi connectivity index (χ3n) is 2.68. The van der Waals surface area contributed by atoms with Crippen LogP contribution < -0.4 is 0 Å². The third kappa shape index (κ3) is 1.51. The number of aromatic nitrogens is 1. The SMILES string of the molecule is CC1CCc2c(CO)cc(Br)nc21. The summed E-state index contributed by atoms with van der Waals surface area (Å²) in [6.45, 7) is 2.31. The van der Waals surface area contributed by atoms with E-state index in [0.717, 1.165) is 23.0 Å². The zero-order valence-electron chi connectivity index (χ0n) is 7.55. The number of aliphatic hydroxyl groups is 1. The summed E-state index contributed by atoms with van der Waals surface area (Å²) in [6.07, 6.45) is 2.22. The van der Waals surface area contributed by atoms with Crippen LogP contribution in [0.25, 0.3) is 0 Å². The first-order chi connectivity index (χ1) is 6.22. The average Bonchev–Trinajstić information content (AvgIpc) is 2.47. The van der Waals surface area contributed by atoms with Gasteiger partial charge in [-0.05, 0) is 51.9 Å². The van der Waals surface area contributed by atoms with Gasteiger partial charge in [-0.15, -0.1) is 0 Å². The summed E-state index contributed by atoms with van der Waals surface area (Å²) in [5.41, 5.74) is 3.46. The number of fused-ring (bicyclic) bond motifs is 1. The van der Waals surface area contributed by atoms with Gasteiger partial charge >= 0.3 is 0 Å². The second kappa shape index (κ2) is 3.39. The molecule has 13 heavy (non-hydrogen) atoms. The number of pyridine rings is 1. The Balaban J connectivity index is 2.56. The largest absolute Gasteiger partial charge is 0.392 e. The Morgan fingerprint density at radius 1 is 1.69 bits per heavy atom. The van der Waals surface area contributed by atoms with Crippen molar-refractivity contribution in [3.05, 3.63) is 27.5 Å². The van der Waals surface area contributed by atoms with Crippen molar-refractivity contribution in [1.29, 1.82) is 0 Å². The first-order valence-corrected chi connectivity index (χ1v) is 5.30. The number of halogens is 1. The molecule has 1 atom stereocenters. The van der Waals surface area contributed by atoms with Crippen molar-refractivity contribution in [3.8, 4) is 0 Å². The van der Waals surface area contributed by atoms with Gasteiger partial charge in [0.15, 0.2) is 0 Å². The fourth-order valence-electron chi connectivity index (χ4n) is 1.95. The molecule has 0 aromatic carbocycles. The highest BCUT2D eigenvalue weighted by atomic mass is 79.9. The molecule has 1 aromatic rings. The normalized spacial score (nSPS) is 20.4. The van der Waals surface area contributed by atoms with Gasteiger partial charge in [0, 0.05) is 5.69 Å². The van der Waals surface area contributed by atoms with Crippen molar-refractivity contribution in [2.75, 3.05) is 0 Å². The highest BCUT2D eigenvalue weighted by molar-refractivity contribution is 9.10. The molecule has 1 aromatic heterocycles. The van der Waals surface area contributed by atoms with Crippen LogP contribution in [0.15, 0.2) is 10.7 Å². The van der Waals surface area contributed by atoms with Gasteiger partial charge in [-0.25, -0.2) is 4.98 Å². The topological polar surface area (TPSA) is 33.1 Å². The lowest BCUT2D eigenvalue weighted by molar-refractivity contribution is 0.280. The van der Waals surface area contributed by atoms with Gasteiger partial charge in [-0.1, -0.05) is 6.92 Å². The van der Waals surface area contributed by atoms with E-state index < -0.39 is 0 Å². The van der Waals surface area contributed by atoms with Crippen LogP contribution in [-0.2, 0) is 13.0 Å². The van der Waals surface area contributed by atoms with Crippen LogP contribution in [0, 0.1) is 0 Å². The van der Waals surface area contributed by atoms with Gasteiger partial charge in [-0.3, -0.25) is 0 Å². The molecule has 0 fully saturated rings. The third-order valence-corrected chi connectivity index (χ3v) is 3.09. The van der Waals surface area contributed by atoms with E-state index >= 15 is 0 Å². The average molecular weight is 242 g/mol. The summed E-state index contributed by atoms with van der Waals surface area (Å²) in [5, 5.41) is 9.16. The summed E-state index contributed by atoms with van der Waals surface area (Å²) < 4.78 is 0.837. The van der Waals surface area contributed by atoms with Crippen molar-refractivity contribution >= 4 is 15.9 Å². The Bertz CT molecular complexity index is 338. The highest BCUT2D eigenvalue weighted by Gasteiger charge is 2.22. The monoisotopic (exact) mass is 241 g/mol. The quantitative estimate of drug-likeness (QED) is 0.767. The van der Waals surface area contributed by atoms with Crippen LogP contribution in [0.3, 0.4) is 0 Å². The summed E-state index contributed by atoms with van der Waals surface area (Å²) in [5.74, 6) is 0.540. The number of rotatable bonds is 1. The number of hydrogen-bond donors (Lipinski definition) is 1. The van der Waals surface area contributed by atoms with Gasteiger partial charge < -0.3 is 5.11 Å². The predicted octanol–water partition coefficient (Wildman–Crippen LogP) is 2.39. The molecular weight excluding hydrogens is 230 g/mol. The zero-order valence-corrected chi connectivity index (χ0v) is 9.13. The minimum atomic E-state index is 0.121. The van der Waals surface area contributed by atoms with Crippen molar-refractivity contribution < 1.29 is 5.11 Å². The van der Waals surface area contributed by atoms with Crippen molar-refractivity contribution in [2.24, 2.45) is 0 Å². The Hall–Kier alpha value is -0.410. The van der Waals surface area contributed by atoms with Crippen LogP contribution in [0.1, 0.15) is 36.1 Å². The molecule has 0 saturated heterocycles. The van der Waals surface area contributed by atoms with Gasteiger partial charge in [0.25, 0.3) is 0 Å². The number of aliphatic hydroxyl groups excluding tert-OH is 1. The van der Waals surface area contributed by atoms with Crippen molar-refractivity contribution in [2.45, 2.75) is 32.3 Å². The van der Waals surface area contributed by atoms with E-state index in [-0.39, 0.29) is 6.61 Å². The Kier molecular flexibility index (Phi) is 2.39.